The topological polar surface area (TPSA) is 46.3 Å². The highest BCUT2D eigenvalue weighted by Gasteiger charge is 2.38. The number of hydrogen-bond donors (Lipinski definition) is 1. The molecule has 0 radical (unpaired) electrons. The quantitative estimate of drug-likeness (QED) is 0.851. The standard InChI is InChI=1S/C14H15F5N2O/c15-10-3-1-2-9(12(10)16)8-4-5-11(20)13(22)21(6-8)7-14(17,18)19/h1-3,8,11H,4-7,20H2. The molecule has 1 fully saturated rings. The maximum absolute atomic E-state index is 13.8. The van der Waals surface area contributed by atoms with Crippen LogP contribution in [0.15, 0.2) is 18.2 Å². The van der Waals surface area contributed by atoms with Gasteiger partial charge >= 0.3 is 6.18 Å². The highest BCUT2D eigenvalue weighted by atomic mass is 19.4. The van der Waals surface area contributed by atoms with Gasteiger partial charge in [0.1, 0.15) is 6.54 Å². The number of nitrogens with two attached hydrogens (primary N) is 1. The first kappa shape index (κ1) is 16.7. The van der Waals surface area contributed by atoms with Crippen LogP contribution in [-0.2, 0) is 4.79 Å². The van der Waals surface area contributed by atoms with E-state index in [0.29, 0.717) is 4.90 Å². The Balaban J connectivity index is 2.29. The van der Waals surface area contributed by atoms with E-state index in [1.54, 1.807) is 0 Å². The zero-order valence-electron chi connectivity index (χ0n) is 11.5. The minimum absolute atomic E-state index is 0.0333. The van der Waals surface area contributed by atoms with Crippen molar-refractivity contribution >= 4 is 5.91 Å². The average molecular weight is 322 g/mol. The summed E-state index contributed by atoms with van der Waals surface area (Å²) in [6, 6.07) is 2.47. The van der Waals surface area contributed by atoms with Gasteiger partial charge in [0.05, 0.1) is 6.04 Å². The lowest BCUT2D eigenvalue weighted by Crippen LogP contribution is -2.46. The van der Waals surface area contributed by atoms with Gasteiger partial charge in [-0.2, -0.15) is 13.2 Å². The largest absolute Gasteiger partial charge is 0.406 e. The van der Waals surface area contributed by atoms with E-state index in [1.807, 2.05) is 0 Å². The fourth-order valence-corrected chi connectivity index (χ4v) is 2.63. The van der Waals surface area contributed by atoms with E-state index in [-0.39, 0.29) is 24.9 Å². The van der Waals surface area contributed by atoms with Gasteiger partial charge in [-0.3, -0.25) is 4.79 Å². The third-order valence-corrected chi connectivity index (χ3v) is 3.69. The molecule has 0 saturated carbocycles. The van der Waals surface area contributed by atoms with Gasteiger partial charge in [-0.1, -0.05) is 12.1 Å². The van der Waals surface area contributed by atoms with Crippen molar-refractivity contribution in [2.24, 2.45) is 5.73 Å². The van der Waals surface area contributed by atoms with E-state index in [2.05, 4.69) is 0 Å². The number of alkyl halides is 3. The number of benzene rings is 1. The highest BCUT2D eigenvalue weighted by Crippen LogP contribution is 2.30. The molecule has 2 atom stereocenters. The minimum Gasteiger partial charge on any atom is -0.332 e. The summed E-state index contributed by atoms with van der Waals surface area (Å²) in [5.74, 6) is -3.71. The van der Waals surface area contributed by atoms with Crippen molar-refractivity contribution < 1.29 is 26.7 Å². The van der Waals surface area contributed by atoms with Crippen LogP contribution in [0, 0.1) is 11.6 Å². The SMILES string of the molecule is NC1CCC(c2cccc(F)c2F)CN(CC(F)(F)F)C1=O. The number of nitrogens with zero attached hydrogens (tertiary/aromatic N) is 1. The number of likely N-dealkylation sites (tertiary alicyclic amines) is 1. The van der Waals surface area contributed by atoms with Crippen molar-refractivity contribution in [1.82, 2.24) is 4.90 Å². The van der Waals surface area contributed by atoms with Crippen LogP contribution in [0.2, 0.25) is 0 Å². The molecule has 1 aromatic rings. The molecule has 2 rings (SSSR count). The molecule has 8 heteroatoms. The molecule has 122 valence electrons. The van der Waals surface area contributed by atoms with Crippen molar-refractivity contribution in [3.63, 3.8) is 0 Å². The predicted octanol–water partition coefficient (Wildman–Crippen LogP) is 2.56. The van der Waals surface area contributed by atoms with Crippen LogP contribution in [0.4, 0.5) is 22.0 Å². The normalized spacial score (nSPS) is 23.5. The van der Waals surface area contributed by atoms with Crippen molar-refractivity contribution in [3.8, 4) is 0 Å². The van der Waals surface area contributed by atoms with Crippen LogP contribution in [0.5, 0.6) is 0 Å². The first-order chi connectivity index (χ1) is 10.2. The van der Waals surface area contributed by atoms with Gasteiger partial charge in [0.25, 0.3) is 0 Å². The molecular weight excluding hydrogens is 307 g/mol. The van der Waals surface area contributed by atoms with Gasteiger partial charge < -0.3 is 10.6 Å². The first-order valence-electron chi connectivity index (χ1n) is 6.74. The minimum atomic E-state index is -4.58. The molecule has 1 aromatic carbocycles. The van der Waals surface area contributed by atoms with Crippen LogP contribution < -0.4 is 5.73 Å². The predicted molar refractivity (Wildman–Crippen MR) is 68.9 cm³/mol. The lowest BCUT2D eigenvalue weighted by Gasteiger charge is -2.26. The van der Waals surface area contributed by atoms with Gasteiger partial charge in [-0.25, -0.2) is 8.78 Å². The van der Waals surface area contributed by atoms with Crippen LogP contribution >= 0.6 is 0 Å². The van der Waals surface area contributed by atoms with Gasteiger partial charge in [0, 0.05) is 12.5 Å². The van der Waals surface area contributed by atoms with E-state index >= 15 is 0 Å². The van der Waals surface area contributed by atoms with E-state index in [1.165, 1.54) is 12.1 Å². The van der Waals surface area contributed by atoms with Crippen molar-refractivity contribution in [2.45, 2.75) is 31.0 Å². The van der Waals surface area contributed by atoms with Crippen LogP contribution in [-0.4, -0.2) is 36.1 Å². The summed E-state index contributed by atoms with van der Waals surface area (Å²) in [5.41, 5.74) is 5.54. The Kier molecular flexibility index (Phi) is 4.69. The summed E-state index contributed by atoms with van der Waals surface area (Å²) >= 11 is 0. The number of amides is 1. The third-order valence-electron chi connectivity index (χ3n) is 3.69. The fraction of sp³-hybridized carbons (Fsp3) is 0.500. The van der Waals surface area contributed by atoms with Crippen molar-refractivity contribution in [1.29, 1.82) is 0 Å². The second kappa shape index (κ2) is 6.20. The zero-order valence-corrected chi connectivity index (χ0v) is 11.5. The number of hydrogen-bond acceptors (Lipinski definition) is 2. The molecule has 2 N–H and O–H groups in total. The summed E-state index contributed by atoms with van der Waals surface area (Å²) < 4.78 is 64.9. The number of carbonyl (C=O) groups is 1. The summed E-state index contributed by atoms with van der Waals surface area (Å²) in [6.45, 7) is -1.79. The molecule has 0 bridgehead atoms. The molecule has 1 saturated heterocycles. The lowest BCUT2D eigenvalue weighted by molar-refractivity contribution is -0.161. The number of carbonyl (C=O) groups excluding carboxylic acids is 1. The Morgan fingerprint density at radius 3 is 2.55 bits per heavy atom. The van der Waals surface area contributed by atoms with Crippen LogP contribution in [0.3, 0.4) is 0 Å². The van der Waals surface area contributed by atoms with Gasteiger partial charge in [0.15, 0.2) is 11.6 Å². The van der Waals surface area contributed by atoms with Crippen LogP contribution in [0.1, 0.15) is 24.3 Å². The molecule has 2 unspecified atom stereocenters. The van der Waals surface area contributed by atoms with E-state index in [0.717, 1.165) is 6.07 Å². The smallest absolute Gasteiger partial charge is 0.332 e. The number of halogens is 5. The van der Waals surface area contributed by atoms with E-state index in [4.69, 9.17) is 5.73 Å². The molecule has 1 amide bonds. The molecule has 0 spiro atoms. The lowest BCUT2D eigenvalue weighted by atomic mass is 9.93. The van der Waals surface area contributed by atoms with Gasteiger partial charge in [0.2, 0.25) is 5.91 Å². The molecular formula is C14H15F5N2O. The third kappa shape index (κ3) is 3.73. The van der Waals surface area contributed by atoms with Crippen molar-refractivity contribution in [3.05, 3.63) is 35.4 Å². The molecule has 1 aliphatic heterocycles. The first-order valence-corrected chi connectivity index (χ1v) is 6.74. The van der Waals surface area contributed by atoms with Gasteiger partial charge in [-0.05, 0) is 24.5 Å². The van der Waals surface area contributed by atoms with Crippen molar-refractivity contribution in [2.75, 3.05) is 13.1 Å². The summed E-state index contributed by atoms with van der Waals surface area (Å²) in [7, 11) is 0. The Morgan fingerprint density at radius 2 is 1.91 bits per heavy atom. The zero-order chi connectivity index (χ0) is 16.5. The molecule has 3 nitrogen and oxygen atoms in total. The number of rotatable bonds is 2. The molecule has 0 aliphatic carbocycles. The maximum Gasteiger partial charge on any atom is 0.406 e. The fourth-order valence-electron chi connectivity index (χ4n) is 2.63. The molecule has 22 heavy (non-hydrogen) atoms. The monoisotopic (exact) mass is 322 g/mol. The Labute approximate surface area is 123 Å². The maximum atomic E-state index is 13.8. The summed E-state index contributed by atoms with van der Waals surface area (Å²) in [6.07, 6.45) is -4.25. The Hall–Kier alpha value is -1.70. The second-order valence-corrected chi connectivity index (χ2v) is 5.36. The highest BCUT2D eigenvalue weighted by molar-refractivity contribution is 5.82. The van der Waals surface area contributed by atoms with Gasteiger partial charge in [-0.15, -0.1) is 0 Å². The Morgan fingerprint density at radius 1 is 1.23 bits per heavy atom. The summed E-state index contributed by atoms with van der Waals surface area (Å²) in [5, 5.41) is 0. The summed E-state index contributed by atoms with van der Waals surface area (Å²) in [4.78, 5) is 12.5. The Bertz CT molecular complexity index is 561. The van der Waals surface area contributed by atoms with E-state index < -0.39 is 42.2 Å². The van der Waals surface area contributed by atoms with E-state index in [9.17, 15) is 26.7 Å². The van der Waals surface area contributed by atoms with Crippen LogP contribution in [0.25, 0.3) is 0 Å². The second-order valence-electron chi connectivity index (χ2n) is 5.36. The molecule has 0 aromatic heterocycles. The molecule has 1 aliphatic rings. The average Bonchev–Trinajstić information content (AvgIpc) is 2.54. The molecule has 1 heterocycles.